The average Bonchev–Trinajstić information content (AvgIpc) is 2.39. The Morgan fingerprint density at radius 2 is 1.58 bits per heavy atom. The predicted molar refractivity (Wildman–Crippen MR) is 85.2 cm³/mol. The average molecular weight is 248 g/mol. The van der Waals surface area contributed by atoms with Gasteiger partial charge in [0.25, 0.3) is 0 Å². The van der Waals surface area contributed by atoms with Crippen molar-refractivity contribution < 1.29 is 0 Å². The summed E-state index contributed by atoms with van der Waals surface area (Å²) in [4.78, 5) is 0. The zero-order valence-electron chi connectivity index (χ0n) is 11.9. The van der Waals surface area contributed by atoms with Crippen molar-refractivity contribution in [1.82, 2.24) is 0 Å². The molecular formula is C19H20. The molecule has 96 valence electrons. The minimum Gasteiger partial charge on any atom is -0.0912 e. The van der Waals surface area contributed by atoms with Crippen LogP contribution in [0.5, 0.6) is 0 Å². The fourth-order valence-electron chi connectivity index (χ4n) is 2.24. The van der Waals surface area contributed by atoms with Gasteiger partial charge in [-0.2, -0.15) is 0 Å². The second-order valence-electron chi connectivity index (χ2n) is 4.92. The van der Waals surface area contributed by atoms with E-state index in [1.807, 2.05) is 19.1 Å². The van der Waals surface area contributed by atoms with Crippen LogP contribution < -0.4 is 0 Å². The lowest BCUT2D eigenvalue weighted by Gasteiger charge is -2.09. The maximum atomic E-state index is 4.10. The quantitative estimate of drug-likeness (QED) is 0.624. The van der Waals surface area contributed by atoms with Gasteiger partial charge in [0, 0.05) is 0 Å². The van der Waals surface area contributed by atoms with E-state index in [0.717, 1.165) is 5.57 Å². The predicted octanol–water partition coefficient (Wildman–Crippen LogP) is 5.56. The van der Waals surface area contributed by atoms with Crippen molar-refractivity contribution >= 4 is 5.57 Å². The van der Waals surface area contributed by atoms with Crippen LogP contribution in [0.2, 0.25) is 0 Å². The first-order valence-corrected chi connectivity index (χ1v) is 6.61. The van der Waals surface area contributed by atoms with Crippen LogP contribution in [0, 0.1) is 13.8 Å². The summed E-state index contributed by atoms with van der Waals surface area (Å²) in [6.07, 6.45) is 4.07. The van der Waals surface area contributed by atoms with Gasteiger partial charge in [0.2, 0.25) is 0 Å². The SMILES string of the molecule is C=C(/C=C\C)c1ccc(-c2ccc(C)cc2)cc1C. The highest BCUT2D eigenvalue weighted by Crippen LogP contribution is 2.26. The number of benzene rings is 2. The van der Waals surface area contributed by atoms with Crippen molar-refractivity contribution in [2.45, 2.75) is 20.8 Å². The second kappa shape index (κ2) is 5.71. The van der Waals surface area contributed by atoms with Crippen LogP contribution in [-0.4, -0.2) is 0 Å². The Balaban J connectivity index is 2.38. The third-order valence-electron chi connectivity index (χ3n) is 3.33. The molecular weight excluding hydrogens is 228 g/mol. The van der Waals surface area contributed by atoms with Gasteiger partial charge in [0.05, 0.1) is 0 Å². The van der Waals surface area contributed by atoms with Crippen molar-refractivity contribution in [3.05, 3.63) is 77.9 Å². The number of hydrogen-bond acceptors (Lipinski definition) is 0. The largest absolute Gasteiger partial charge is 0.0912 e. The molecule has 0 spiro atoms. The lowest BCUT2D eigenvalue weighted by atomic mass is 9.96. The van der Waals surface area contributed by atoms with E-state index in [9.17, 15) is 0 Å². The van der Waals surface area contributed by atoms with Gasteiger partial charge in [-0.1, -0.05) is 66.8 Å². The zero-order valence-corrected chi connectivity index (χ0v) is 11.9. The van der Waals surface area contributed by atoms with Crippen LogP contribution in [0.3, 0.4) is 0 Å². The first kappa shape index (κ1) is 13.4. The summed E-state index contributed by atoms with van der Waals surface area (Å²) in [5.41, 5.74) is 7.36. The van der Waals surface area contributed by atoms with E-state index in [2.05, 4.69) is 62.9 Å². The summed E-state index contributed by atoms with van der Waals surface area (Å²) >= 11 is 0. The Morgan fingerprint density at radius 3 is 2.16 bits per heavy atom. The minimum absolute atomic E-state index is 1.07. The highest BCUT2D eigenvalue weighted by molar-refractivity contribution is 5.76. The lowest BCUT2D eigenvalue weighted by molar-refractivity contribution is 1.41. The van der Waals surface area contributed by atoms with Crippen LogP contribution in [-0.2, 0) is 0 Å². The van der Waals surface area contributed by atoms with Crippen LogP contribution in [0.15, 0.2) is 61.2 Å². The van der Waals surface area contributed by atoms with Crippen LogP contribution in [0.4, 0.5) is 0 Å². The van der Waals surface area contributed by atoms with Gasteiger partial charge in [0.15, 0.2) is 0 Å². The summed E-state index contributed by atoms with van der Waals surface area (Å²) in [6.45, 7) is 10.4. The zero-order chi connectivity index (χ0) is 13.8. The van der Waals surface area contributed by atoms with E-state index in [4.69, 9.17) is 0 Å². The molecule has 0 aromatic heterocycles. The molecule has 2 aromatic carbocycles. The molecule has 0 N–H and O–H groups in total. The summed E-state index contributed by atoms with van der Waals surface area (Å²) in [5.74, 6) is 0. The molecule has 0 radical (unpaired) electrons. The molecule has 0 aliphatic carbocycles. The Morgan fingerprint density at radius 1 is 0.947 bits per heavy atom. The van der Waals surface area contributed by atoms with Gasteiger partial charge in [-0.3, -0.25) is 0 Å². The molecule has 0 nitrogen and oxygen atoms in total. The van der Waals surface area contributed by atoms with Gasteiger partial charge in [-0.25, -0.2) is 0 Å². The number of aryl methyl sites for hydroxylation is 2. The fraction of sp³-hybridized carbons (Fsp3) is 0.158. The van der Waals surface area contributed by atoms with Crippen molar-refractivity contribution in [2.75, 3.05) is 0 Å². The third kappa shape index (κ3) is 3.03. The highest BCUT2D eigenvalue weighted by atomic mass is 14.1. The molecule has 0 atom stereocenters. The molecule has 0 saturated heterocycles. The molecule has 0 aliphatic rings. The molecule has 0 amide bonds. The Hall–Kier alpha value is -2.08. The maximum absolute atomic E-state index is 4.10. The van der Waals surface area contributed by atoms with Crippen LogP contribution in [0.1, 0.15) is 23.6 Å². The van der Waals surface area contributed by atoms with Crippen molar-refractivity contribution in [2.24, 2.45) is 0 Å². The molecule has 0 bridgehead atoms. The van der Waals surface area contributed by atoms with Gasteiger partial charge < -0.3 is 0 Å². The summed E-state index contributed by atoms with van der Waals surface area (Å²) in [6, 6.07) is 15.2. The molecule has 2 rings (SSSR count). The molecule has 0 aliphatic heterocycles. The second-order valence-corrected chi connectivity index (χ2v) is 4.92. The Kier molecular flexibility index (Phi) is 4.01. The Bertz CT molecular complexity index is 613. The number of hydrogen-bond donors (Lipinski definition) is 0. The van der Waals surface area contributed by atoms with Gasteiger partial charge in [0.1, 0.15) is 0 Å². The van der Waals surface area contributed by atoms with Crippen molar-refractivity contribution in [3.63, 3.8) is 0 Å². The van der Waals surface area contributed by atoms with E-state index < -0.39 is 0 Å². The highest BCUT2D eigenvalue weighted by Gasteiger charge is 2.03. The molecule has 2 aromatic rings. The van der Waals surface area contributed by atoms with Crippen LogP contribution >= 0.6 is 0 Å². The summed E-state index contributed by atoms with van der Waals surface area (Å²) in [5, 5.41) is 0. The lowest BCUT2D eigenvalue weighted by Crippen LogP contribution is -1.87. The number of allylic oxidation sites excluding steroid dienone is 3. The smallest absolute Gasteiger partial charge is 0.0160 e. The maximum Gasteiger partial charge on any atom is -0.0160 e. The van der Waals surface area contributed by atoms with Crippen molar-refractivity contribution in [1.29, 1.82) is 0 Å². The van der Waals surface area contributed by atoms with Gasteiger partial charge in [-0.05, 0) is 48.6 Å². The first-order valence-electron chi connectivity index (χ1n) is 6.61. The standard InChI is InChI=1S/C19H20/c1-5-6-15(3)19-12-11-18(13-16(19)4)17-9-7-14(2)8-10-17/h5-13H,3H2,1-2,4H3/b6-5-. The van der Waals surface area contributed by atoms with E-state index in [1.165, 1.54) is 27.8 Å². The van der Waals surface area contributed by atoms with Crippen LogP contribution in [0.25, 0.3) is 16.7 Å². The molecule has 0 heteroatoms. The Labute approximate surface area is 116 Å². The summed E-state index contributed by atoms with van der Waals surface area (Å²) < 4.78 is 0. The number of rotatable bonds is 3. The molecule has 19 heavy (non-hydrogen) atoms. The van der Waals surface area contributed by atoms with E-state index in [1.54, 1.807) is 0 Å². The van der Waals surface area contributed by atoms with E-state index in [0.29, 0.717) is 0 Å². The summed E-state index contributed by atoms with van der Waals surface area (Å²) in [7, 11) is 0. The van der Waals surface area contributed by atoms with Crippen molar-refractivity contribution in [3.8, 4) is 11.1 Å². The third-order valence-corrected chi connectivity index (χ3v) is 3.33. The molecule has 0 fully saturated rings. The first-order chi connectivity index (χ1) is 9.11. The normalized spacial score (nSPS) is 10.9. The minimum atomic E-state index is 1.07. The van der Waals surface area contributed by atoms with Gasteiger partial charge >= 0.3 is 0 Å². The van der Waals surface area contributed by atoms with E-state index in [-0.39, 0.29) is 0 Å². The molecule has 0 saturated carbocycles. The van der Waals surface area contributed by atoms with Gasteiger partial charge in [-0.15, -0.1) is 0 Å². The monoisotopic (exact) mass is 248 g/mol. The van der Waals surface area contributed by atoms with E-state index >= 15 is 0 Å². The topological polar surface area (TPSA) is 0 Å². The fourth-order valence-corrected chi connectivity index (χ4v) is 2.24. The molecule has 0 unspecified atom stereocenters. The molecule has 0 heterocycles.